The Kier molecular flexibility index (Phi) is 6.20. The van der Waals surface area contributed by atoms with Crippen LogP contribution in [0.1, 0.15) is 37.6 Å². The molecule has 0 unspecified atom stereocenters. The van der Waals surface area contributed by atoms with Crippen LogP contribution in [0.5, 0.6) is 0 Å². The highest BCUT2D eigenvalue weighted by Gasteiger charge is 2.21. The summed E-state index contributed by atoms with van der Waals surface area (Å²) < 4.78 is 2.03. The van der Waals surface area contributed by atoms with Crippen molar-refractivity contribution in [2.45, 2.75) is 44.3 Å². The van der Waals surface area contributed by atoms with Crippen molar-refractivity contribution in [3.05, 3.63) is 30.1 Å². The number of hydrogen-bond acceptors (Lipinski definition) is 6. The zero-order valence-electron chi connectivity index (χ0n) is 14.6. The molecule has 0 saturated carbocycles. The molecule has 1 aliphatic heterocycles. The molecule has 0 N–H and O–H groups in total. The maximum absolute atomic E-state index is 4.46. The number of nitrogens with zero attached hydrogens (tertiary/aromatic N) is 6. The normalized spacial score (nSPS) is 16.6. The lowest BCUT2D eigenvalue weighted by Crippen LogP contribution is -2.34. The Bertz CT molecular complexity index is 618. The first-order valence-corrected chi connectivity index (χ1v) is 9.72. The Balaban J connectivity index is 1.44. The van der Waals surface area contributed by atoms with Crippen LogP contribution in [0, 0.1) is 5.92 Å². The summed E-state index contributed by atoms with van der Waals surface area (Å²) in [5.74, 6) is 2.90. The van der Waals surface area contributed by atoms with Crippen molar-refractivity contribution in [1.82, 2.24) is 29.6 Å². The van der Waals surface area contributed by atoms with Crippen molar-refractivity contribution in [1.29, 1.82) is 0 Å². The lowest BCUT2D eigenvalue weighted by molar-refractivity contribution is 0.175. The van der Waals surface area contributed by atoms with E-state index in [4.69, 9.17) is 0 Å². The molecule has 0 atom stereocenters. The minimum atomic E-state index is 0.716. The summed E-state index contributed by atoms with van der Waals surface area (Å²) >= 11 is 1.73. The van der Waals surface area contributed by atoms with Crippen LogP contribution >= 0.6 is 11.8 Å². The van der Waals surface area contributed by atoms with Gasteiger partial charge in [-0.05, 0) is 38.3 Å². The van der Waals surface area contributed by atoms with E-state index in [1.54, 1.807) is 18.1 Å². The van der Waals surface area contributed by atoms with Crippen LogP contribution in [0.2, 0.25) is 0 Å². The molecule has 130 valence electrons. The molecule has 0 aromatic carbocycles. The molecular formula is C17H26N6S. The Morgan fingerprint density at radius 3 is 2.58 bits per heavy atom. The summed E-state index contributed by atoms with van der Waals surface area (Å²) in [5, 5.41) is 9.07. The third-order valence-electron chi connectivity index (χ3n) is 4.51. The van der Waals surface area contributed by atoms with Gasteiger partial charge in [-0.25, -0.2) is 9.97 Å². The van der Waals surface area contributed by atoms with Gasteiger partial charge in [0, 0.05) is 43.7 Å². The zero-order chi connectivity index (χ0) is 16.8. The van der Waals surface area contributed by atoms with E-state index in [1.165, 1.54) is 18.4 Å². The van der Waals surface area contributed by atoms with Crippen molar-refractivity contribution in [3.8, 4) is 0 Å². The Morgan fingerprint density at radius 1 is 1.21 bits per heavy atom. The third kappa shape index (κ3) is 4.77. The van der Waals surface area contributed by atoms with Crippen LogP contribution in [-0.2, 0) is 20.0 Å². The summed E-state index contributed by atoms with van der Waals surface area (Å²) in [6.45, 7) is 5.40. The standard InChI is InChI=1S/C17H26N6S/c1-3-8-24-17-18-10-15(11-19-17)12-23-6-4-14(5-7-23)9-16-21-20-13-22(16)2/h10-11,13-14H,3-9,12H2,1-2H3. The fourth-order valence-corrected chi connectivity index (χ4v) is 3.69. The van der Waals surface area contributed by atoms with Gasteiger partial charge >= 0.3 is 0 Å². The minimum absolute atomic E-state index is 0.716. The molecule has 1 aliphatic rings. The van der Waals surface area contributed by atoms with E-state index in [0.29, 0.717) is 5.92 Å². The number of piperidine rings is 1. The van der Waals surface area contributed by atoms with Gasteiger partial charge in [-0.2, -0.15) is 0 Å². The van der Waals surface area contributed by atoms with E-state index in [0.717, 1.165) is 49.2 Å². The summed E-state index contributed by atoms with van der Waals surface area (Å²) in [5.41, 5.74) is 1.21. The van der Waals surface area contributed by atoms with Crippen molar-refractivity contribution in [2.24, 2.45) is 13.0 Å². The Labute approximate surface area is 148 Å². The average Bonchev–Trinajstić information content (AvgIpc) is 3.01. The van der Waals surface area contributed by atoms with Gasteiger partial charge in [0.05, 0.1) is 0 Å². The monoisotopic (exact) mass is 346 g/mol. The molecule has 7 heteroatoms. The van der Waals surface area contributed by atoms with Gasteiger partial charge in [0.1, 0.15) is 12.2 Å². The van der Waals surface area contributed by atoms with Gasteiger partial charge in [-0.15, -0.1) is 10.2 Å². The largest absolute Gasteiger partial charge is 0.321 e. The van der Waals surface area contributed by atoms with Gasteiger partial charge in [0.25, 0.3) is 0 Å². The van der Waals surface area contributed by atoms with Crippen LogP contribution in [-0.4, -0.2) is 48.5 Å². The molecule has 0 radical (unpaired) electrons. The fraction of sp³-hybridized carbons (Fsp3) is 0.647. The van der Waals surface area contributed by atoms with Crippen LogP contribution in [0.3, 0.4) is 0 Å². The molecule has 2 aromatic heterocycles. The second-order valence-corrected chi connectivity index (χ2v) is 7.57. The van der Waals surface area contributed by atoms with Gasteiger partial charge in [0.15, 0.2) is 5.16 Å². The van der Waals surface area contributed by atoms with E-state index in [-0.39, 0.29) is 0 Å². The van der Waals surface area contributed by atoms with E-state index >= 15 is 0 Å². The van der Waals surface area contributed by atoms with Gasteiger partial charge in [-0.3, -0.25) is 4.90 Å². The quantitative estimate of drug-likeness (QED) is 0.567. The highest BCUT2D eigenvalue weighted by Crippen LogP contribution is 2.22. The summed E-state index contributed by atoms with van der Waals surface area (Å²) in [7, 11) is 2.02. The fourth-order valence-electron chi connectivity index (χ4n) is 3.05. The molecule has 1 saturated heterocycles. The van der Waals surface area contributed by atoms with E-state index in [1.807, 2.05) is 24.0 Å². The molecular weight excluding hydrogens is 320 g/mol. The van der Waals surface area contributed by atoms with Crippen LogP contribution in [0.15, 0.2) is 23.9 Å². The summed E-state index contributed by atoms with van der Waals surface area (Å²) in [4.78, 5) is 11.4. The molecule has 3 heterocycles. The first kappa shape index (κ1) is 17.4. The van der Waals surface area contributed by atoms with Crippen molar-refractivity contribution in [2.75, 3.05) is 18.8 Å². The summed E-state index contributed by atoms with van der Waals surface area (Å²) in [6.07, 6.45) is 10.4. The smallest absolute Gasteiger partial charge is 0.187 e. The lowest BCUT2D eigenvalue weighted by atomic mass is 9.93. The molecule has 3 rings (SSSR count). The summed E-state index contributed by atoms with van der Waals surface area (Å²) in [6, 6.07) is 0. The Hall–Kier alpha value is -1.47. The van der Waals surface area contributed by atoms with Gasteiger partial charge in [-0.1, -0.05) is 18.7 Å². The van der Waals surface area contributed by atoms with E-state index in [2.05, 4.69) is 32.0 Å². The predicted molar refractivity (Wildman–Crippen MR) is 95.8 cm³/mol. The second-order valence-electron chi connectivity index (χ2n) is 6.50. The van der Waals surface area contributed by atoms with Crippen molar-refractivity contribution in [3.63, 3.8) is 0 Å². The molecule has 1 fully saturated rings. The van der Waals surface area contributed by atoms with E-state index in [9.17, 15) is 0 Å². The number of thioether (sulfide) groups is 1. The number of aryl methyl sites for hydroxylation is 1. The van der Waals surface area contributed by atoms with Crippen LogP contribution in [0.25, 0.3) is 0 Å². The SMILES string of the molecule is CCCSc1ncc(CN2CCC(Cc3nncn3C)CC2)cn1. The zero-order valence-corrected chi connectivity index (χ0v) is 15.4. The van der Waals surface area contributed by atoms with Gasteiger partial charge in [0.2, 0.25) is 0 Å². The average molecular weight is 347 g/mol. The van der Waals surface area contributed by atoms with E-state index < -0.39 is 0 Å². The number of hydrogen-bond donors (Lipinski definition) is 0. The first-order chi connectivity index (χ1) is 11.7. The van der Waals surface area contributed by atoms with Crippen LogP contribution in [0.4, 0.5) is 0 Å². The predicted octanol–water partition coefficient (Wildman–Crippen LogP) is 2.56. The molecule has 2 aromatic rings. The second kappa shape index (κ2) is 8.58. The highest BCUT2D eigenvalue weighted by molar-refractivity contribution is 7.99. The molecule has 24 heavy (non-hydrogen) atoms. The first-order valence-electron chi connectivity index (χ1n) is 8.73. The molecule has 0 bridgehead atoms. The molecule has 0 aliphatic carbocycles. The lowest BCUT2D eigenvalue weighted by Gasteiger charge is -2.31. The minimum Gasteiger partial charge on any atom is -0.321 e. The molecule has 6 nitrogen and oxygen atoms in total. The van der Waals surface area contributed by atoms with Gasteiger partial charge < -0.3 is 4.57 Å². The number of likely N-dealkylation sites (tertiary alicyclic amines) is 1. The number of rotatable bonds is 7. The van der Waals surface area contributed by atoms with Crippen molar-refractivity contribution >= 4 is 11.8 Å². The van der Waals surface area contributed by atoms with Crippen molar-refractivity contribution < 1.29 is 0 Å². The molecule has 0 spiro atoms. The highest BCUT2D eigenvalue weighted by atomic mass is 32.2. The molecule has 0 amide bonds. The third-order valence-corrected chi connectivity index (χ3v) is 5.59. The number of aromatic nitrogens is 5. The maximum Gasteiger partial charge on any atom is 0.187 e. The topological polar surface area (TPSA) is 59.7 Å². The Morgan fingerprint density at radius 2 is 1.96 bits per heavy atom. The van der Waals surface area contributed by atoms with Crippen LogP contribution < -0.4 is 0 Å². The maximum atomic E-state index is 4.46.